The molecule has 0 aliphatic heterocycles. The molecule has 0 aromatic heterocycles. The summed E-state index contributed by atoms with van der Waals surface area (Å²) < 4.78 is 17.9. The van der Waals surface area contributed by atoms with Gasteiger partial charge in [-0.1, -0.05) is 0 Å². The predicted molar refractivity (Wildman–Crippen MR) is 67.7 cm³/mol. The van der Waals surface area contributed by atoms with Crippen molar-refractivity contribution in [2.45, 2.75) is 6.10 Å². The van der Waals surface area contributed by atoms with Crippen LogP contribution in [0.25, 0.3) is 0 Å². The molecule has 0 spiro atoms. The van der Waals surface area contributed by atoms with Crippen LogP contribution in [0.5, 0.6) is 0 Å². The topological polar surface area (TPSA) is 102 Å². The number of hydrogen-bond donors (Lipinski definition) is 2. The Bertz CT molecular complexity index is 511. The lowest BCUT2D eigenvalue weighted by molar-refractivity contribution is -0.384. The minimum Gasteiger partial charge on any atom is -0.479 e. The number of nitrogens with zero attached hydrogens (tertiary/aromatic N) is 1. The first-order chi connectivity index (χ1) is 8.86. The molecule has 0 bridgehead atoms. The van der Waals surface area contributed by atoms with E-state index in [-0.39, 0.29) is 16.7 Å². The second-order valence-electron chi connectivity index (χ2n) is 3.48. The van der Waals surface area contributed by atoms with E-state index < -0.39 is 28.5 Å². The van der Waals surface area contributed by atoms with Gasteiger partial charge in [-0.3, -0.25) is 10.1 Å². The number of carboxylic acid groups (broad SMARTS) is 1. The number of carboxylic acids is 1. The molecule has 0 aliphatic carbocycles. The van der Waals surface area contributed by atoms with Crippen molar-refractivity contribution in [3.63, 3.8) is 0 Å². The van der Waals surface area contributed by atoms with Crippen molar-refractivity contribution in [3.8, 4) is 0 Å². The fraction of sp³-hybridized carbons (Fsp3) is 0.300. The highest BCUT2D eigenvalue weighted by Gasteiger charge is 2.21. The van der Waals surface area contributed by atoms with Crippen LogP contribution in [0, 0.1) is 15.9 Å². The van der Waals surface area contributed by atoms with Crippen molar-refractivity contribution in [1.82, 2.24) is 0 Å². The van der Waals surface area contributed by atoms with Crippen LogP contribution in [0.1, 0.15) is 0 Å². The molecule has 19 heavy (non-hydrogen) atoms. The number of aliphatic carboxylic acids is 1. The number of methoxy groups -OCH3 is 1. The van der Waals surface area contributed by atoms with Crippen LogP contribution in [0.4, 0.5) is 15.8 Å². The standard InChI is InChI=1S/C10H10BrFN2O5/c1-19-9(10(15)16)4-13-7-2-5(11)6(12)3-8(7)14(17)18/h2-3,9,13H,4H2,1H3,(H,15,16). The zero-order valence-corrected chi connectivity index (χ0v) is 11.3. The Morgan fingerprint density at radius 1 is 1.68 bits per heavy atom. The van der Waals surface area contributed by atoms with E-state index in [1.54, 1.807) is 0 Å². The molecule has 0 aliphatic rings. The normalized spacial score (nSPS) is 11.9. The summed E-state index contributed by atoms with van der Waals surface area (Å²) in [6.45, 7) is -0.190. The lowest BCUT2D eigenvalue weighted by Gasteiger charge is -2.13. The van der Waals surface area contributed by atoms with Crippen molar-refractivity contribution >= 4 is 33.3 Å². The van der Waals surface area contributed by atoms with Gasteiger partial charge in [0.2, 0.25) is 0 Å². The van der Waals surface area contributed by atoms with E-state index in [1.807, 2.05) is 0 Å². The van der Waals surface area contributed by atoms with E-state index >= 15 is 0 Å². The summed E-state index contributed by atoms with van der Waals surface area (Å²) in [4.78, 5) is 20.7. The molecule has 0 amide bonds. The highest BCUT2D eigenvalue weighted by Crippen LogP contribution is 2.30. The average Bonchev–Trinajstić information content (AvgIpc) is 2.33. The van der Waals surface area contributed by atoms with E-state index in [1.165, 1.54) is 13.2 Å². The lowest BCUT2D eigenvalue weighted by Crippen LogP contribution is -2.30. The van der Waals surface area contributed by atoms with Crippen LogP contribution in [-0.4, -0.2) is 35.8 Å². The van der Waals surface area contributed by atoms with Crippen molar-refractivity contribution in [2.24, 2.45) is 0 Å². The summed E-state index contributed by atoms with van der Waals surface area (Å²) in [5.41, 5.74) is -0.484. The number of rotatable bonds is 6. The van der Waals surface area contributed by atoms with Gasteiger partial charge in [-0.2, -0.15) is 0 Å². The molecule has 7 nitrogen and oxygen atoms in total. The quantitative estimate of drug-likeness (QED) is 0.608. The monoisotopic (exact) mass is 336 g/mol. The Morgan fingerprint density at radius 2 is 2.32 bits per heavy atom. The van der Waals surface area contributed by atoms with E-state index in [0.717, 1.165) is 6.07 Å². The van der Waals surface area contributed by atoms with E-state index in [2.05, 4.69) is 26.0 Å². The molecule has 0 radical (unpaired) electrons. The number of halogens is 2. The zero-order valence-electron chi connectivity index (χ0n) is 9.72. The summed E-state index contributed by atoms with van der Waals surface area (Å²) in [7, 11) is 1.20. The summed E-state index contributed by atoms with van der Waals surface area (Å²) in [6.07, 6.45) is -1.16. The Labute approximate surface area is 115 Å². The Balaban J connectivity index is 2.97. The van der Waals surface area contributed by atoms with Crippen molar-refractivity contribution in [1.29, 1.82) is 0 Å². The van der Waals surface area contributed by atoms with Gasteiger partial charge in [0.05, 0.1) is 22.0 Å². The largest absolute Gasteiger partial charge is 0.479 e. The highest BCUT2D eigenvalue weighted by molar-refractivity contribution is 9.10. The number of nitro groups is 1. The molecule has 104 valence electrons. The Morgan fingerprint density at radius 3 is 2.79 bits per heavy atom. The minimum absolute atomic E-state index is 0.00146. The van der Waals surface area contributed by atoms with Crippen LogP contribution in [0.2, 0.25) is 0 Å². The molecule has 9 heteroatoms. The maximum Gasteiger partial charge on any atom is 0.334 e. The second-order valence-corrected chi connectivity index (χ2v) is 4.34. The van der Waals surface area contributed by atoms with Gasteiger partial charge in [0.15, 0.2) is 6.10 Å². The zero-order chi connectivity index (χ0) is 14.6. The number of ether oxygens (including phenoxy) is 1. The molecule has 0 saturated carbocycles. The van der Waals surface area contributed by atoms with E-state index in [0.29, 0.717) is 0 Å². The lowest BCUT2D eigenvalue weighted by atomic mass is 10.2. The van der Waals surface area contributed by atoms with Gasteiger partial charge in [-0.25, -0.2) is 9.18 Å². The maximum absolute atomic E-state index is 13.2. The number of nitrogens with one attached hydrogen (secondary N) is 1. The number of benzene rings is 1. The molecular formula is C10H10BrFN2O5. The van der Waals surface area contributed by atoms with Crippen molar-refractivity contribution in [2.75, 3.05) is 19.0 Å². The van der Waals surface area contributed by atoms with Crippen LogP contribution >= 0.6 is 15.9 Å². The maximum atomic E-state index is 13.2. The van der Waals surface area contributed by atoms with Crippen molar-refractivity contribution in [3.05, 3.63) is 32.5 Å². The van der Waals surface area contributed by atoms with Gasteiger partial charge in [0, 0.05) is 7.11 Å². The first-order valence-corrected chi connectivity index (χ1v) is 5.79. The number of nitro benzene ring substituents is 1. The third-order valence-electron chi connectivity index (χ3n) is 2.27. The molecule has 2 N–H and O–H groups in total. The fourth-order valence-corrected chi connectivity index (χ4v) is 1.65. The molecule has 1 aromatic rings. The summed E-state index contributed by atoms with van der Waals surface area (Å²) in [5.74, 6) is -1.99. The summed E-state index contributed by atoms with van der Waals surface area (Å²) >= 11 is 2.90. The summed E-state index contributed by atoms with van der Waals surface area (Å²) in [5, 5.41) is 22.1. The highest BCUT2D eigenvalue weighted by atomic mass is 79.9. The van der Waals surface area contributed by atoms with Gasteiger partial charge in [0.1, 0.15) is 11.5 Å². The molecule has 1 rings (SSSR count). The van der Waals surface area contributed by atoms with Gasteiger partial charge in [0.25, 0.3) is 5.69 Å². The average molecular weight is 337 g/mol. The van der Waals surface area contributed by atoms with Crippen LogP contribution in [-0.2, 0) is 9.53 Å². The van der Waals surface area contributed by atoms with Gasteiger partial charge >= 0.3 is 5.97 Å². The number of carbonyl (C=O) groups is 1. The smallest absolute Gasteiger partial charge is 0.334 e. The minimum atomic E-state index is -1.21. The predicted octanol–water partition coefficient (Wildman–Crippen LogP) is 2.01. The number of hydrogen-bond acceptors (Lipinski definition) is 5. The molecule has 1 aromatic carbocycles. The molecule has 0 fully saturated rings. The first kappa shape index (κ1) is 15.3. The summed E-state index contributed by atoms with van der Waals surface area (Å²) in [6, 6.07) is 1.91. The van der Waals surface area contributed by atoms with Crippen LogP contribution < -0.4 is 5.32 Å². The molecule has 0 heterocycles. The van der Waals surface area contributed by atoms with Gasteiger partial charge < -0.3 is 15.2 Å². The van der Waals surface area contributed by atoms with E-state index in [9.17, 15) is 19.3 Å². The third kappa shape index (κ3) is 3.86. The van der Waals surface area contributed by atoms with Crippen LogP contribution in [0.15, 0.2) is 16.6 Å². The Hall–Kier alpha value is -1.74. The van der Waals surface area contributed by atoms with Crippen LogP contribution in [0.3, 0.4) is 0 Å². The molecule has 0 saturated heterocycles. The third-order valence-corrected chi connectivity index (χ3v) is 2.88. The SMILES string of the molecule is COC(CNc1cc(Br)c(F)cc1[N+](=O)[O-])C(=O)O. The molecule has 1 atom stereocenters. The number of anilines is 1. The second kappa shape index (κ2) is 6.43. The first-order valence-electron chi connectivity index (χ1n) is 4.99. The fourth-order valence-electron chi connectivity index (χ4n) is 1.30. The van der Waals surface area contributed by atoms with Crippen molar-refractivity contribution < 1.29 is 24.0 Å². The van der Waals surface area contributed by atoms with E-state index in [4.69, 9.17) is 5.11 Å². The molecular weight excluding hydrogens is 327 g/mol. The Kier molecular flexibility index (Phi) is 5.19. The van der Waals surface area contributed by atoms with Gasteiger partial charge in [-0.05, 0) is 22.0 Å². The molecule has 1 unspecified atom stereocenters. The van der Waals surface area contributed by atoms with Gasteiger partial charge in [-0.15, -0.1) is 0 Å².